The van der Waals surface area contributed by atoms with Crippen molar-refractivity contribution >= 4 is 34.1 Å². The van der Waals surface area contributed by atoms with Crippen molar-refractivity contribution in [1.29, 1.82) is 0 Å². The van der Waals surface area contributed by atoms with Gasteiger partial charge in [0.25, 0.3) is 11.8 Å². The second-order valence-electron chi connectivity index (χ2n) is 7.05. The summed E-state index contributed by atoms with van der Waals surface area (Å²) in [4.78, 5) is 38.5. The molecule has 1 unspecified atom stereocenters. The average molecular weight is 455 g/mol. The van der Waals surface area contributed by atoms with Crippen LogP contribution in [0.4, 0.5) is 9.39 Å². The summed E-state index contributed by atoms with van der Waals surface area (Å²) in [6.07, 6.45) is 0. The monoisotopic (exact) mass is 454 g/mol. The predicted octanol–water partition coefficient (Wildman–Crippen LogP) is 5.12. The van der Waals surface area contributed by atoms with Gasteiger partial charge in [-0.1, -0.05) is 30.3 Å². The van der Waals surface area contributed by atoms with E-state index in [1.807, 2.05) is 37.3 Å². The number of nitrogens with one attached hydrogen (secondary N) is 2. The zero-order chi connectivity index (χ0) is 23.3. The van der Waals surface area contributed by atoms with E-state index < -0.39 is 17.7 Å². The first-order chi connectivity index (χ1) is 15.3. The molecular weight excluding hydrogens is 431 g/mol. The summed E-state index contributed by atoms with van der Waals surface area (Å²) >= 11 is 0.993. The standard InChI is InChI=1S/C24H23FN2O4S/c1-4-31-24(30)19-14(2)20(22(29)26-15(3)16-8-6-5-7-9-16)32-23(19)27-21(28)17-10-12-18(25)13-11-17/h5-13,15H,4H2,1-3H3,(H,26,29)(H,27,28). The van der Waals surface area contributed by atoms with Crippen molar-refractivity contribution < 1.29 is 23.5 Å². The molecule has 2 N–H and O–H groups in total. The molecule has 8 heteroatoms. The van der Waals surface area contributed by atoms with E-state index in [0.29, 0.717) is 10.4 Å². The molecule has 1 heterocycles. The highest BCUT2D eigenvalue weighted by Crippen LogP contribution is 2.34. The van der Waals surface area contributed by atoms with Crippen molar-refractivity contribution in [3.05, 3.63) is 87.5 Å². The molecule has 0 aliphatic heterocycles. The number of ether oxygens (including phenoxy) is 1. The second kappa shape index (κ2) is 10.2. The van der Waals surface area contributed by atoms with E-state index in [2.05, 4.69) is 10.6 Å². The number of amides is 2. The first kappa shape index (κ1) is 23.1. The van der Waals surface area contributed by atoms with Crippen LogP contribution in [0, 0.1) is 12.7 Å². The number of hydrogen-bond donors (Lipinski definition) is 2. The van der Waals surface area contributed by atoms with Crippen molar-refractivity contribution in [3.8, 4) is 0 Å². The third-order valence-electron chi connectivity index (χ3n) is 4.81. The lowest BCUT2D eigenvalue weighted by atomic mass is 10.1. The summed E-state index contributed by atoms with van der Waals surface area (Å²) in [5, 5.41) is 5.79. The maximum absolute atomic E-state index is 13.2. The summed E-state index contributed by atoms with van der Waals surface area (Å²) in [6, 6.07) is 14.2. The second-order valence-corrected chi connectivity index (χ2v) is 8.07. The van der Waals surface area contributed by atoms with E-state index in [1.165, 1.54) is 24.3 Å². The maximum atomic E-state index is 13.2. The zero-order valence-corrected chi connectivity index (χ0v) is 18.7. The van der Waals surface area contributed by atoms with E-state index in [9.17, 15) is 18.8 Å². The van der Waals surface area contributed by atoms with Crippen LogP contribution in [0.25, 0.3) is 0 Å². The molecule has 2 amide bonds. The van der Waals surface area contributed by atoms with Crippen LogP contribution in [0.5, 0.6) is 0 Å². The van der Waals surface area contributed by atoms with Gasteiger partial charge in [-0.25, -0.2) is 9.18 Å². The molecule has 3 aromatic rings. The molecule has 0 aliphatic carbocycles. The lowest BCUT2D eigenvalue weighted by Gasteiger charge is -2.14. The summed E-state index contributed by atoms with van der Waals surface area (Å²) < 4.78 is 18.3. The summed E-state index contributed by atoms with van der Waals surface area (Å²) in [6.45, 7) is 5.32. The van der Waals surface area contributed by atoms with Crippen molar-refractivity contribution in [2.75, 3.05) is 11.9 Å². The van der Waals surface area contributed by atoms with E-state index >= 15 is 0 Å². The van der Waals surface area contributed by atoms with Gasteiger partial charge in [0.1, 0.15) is 10.8 Å². The number of benzene rings is 2. The van der Waals surface area contributed by atoms with Gasteiger partial charge in [0.05, 0.1) is 23.1 Å². The number of rotatable bonds is 7. The first-order valence-corrected chi connectivity index (χ1v) is 10.9. The minimum atomic E-state index is -0.634. The molecule has 2 aromatic carbocycles. The number of anilines is 1. The molecule has 0 fully saturated rings. The normalized spacial score (nSPS) is 11.5. The van der Waals surface area contributed by atoms with Gasteiger partial charge in [-0.05, 0) is 56.2 Å². The Labute approximate surface area is 189 Å². The van der Waals surface area contributed by atoms with Crippen LogP contribution >= 0.6 is 11.3 Å². The molecule has 0 radical (unpaired) electrons. The third-order valence-corrected chi connectivity index (χ3v) is 6.02. The van der Waals surface area contributed by atoms with Crippen LogP contribution in [-0.4, -0.2) is 24.4 Å². The highest BCUT2D eigenvalue weighted by molar-refractivity contribution is 7.18. The Morgan fingerprint density at radius 3 is 2.31 bits per heavy atom. The predicted molar refractivity (Wildman–Crippen MR) is 122 cm³/mol. The van der Waals surface area contributed by atoms with Crippen LogP contribution < -0.4 is 10.6 Å². The molecule has 3 rings (SSSR count). The van der Waals surface area contributed by atoms with Crippen LogP contribution in [-0.2, 0) is 4.74 Å². The SMILES string of the molecule is CCOC(=O)c1c(NC(=O)c2ccc(F)cc2)sc(C(=O)NC(C)c2ccccc2)c1C. The largest absolute Gasteiger partial charge is 0.462 e. The fourth-order valence-electron chi connectivity index (χ4n) is 3.13. The van der Waals surface area contributed by atoms with Crippen LogP contribution in [0.1, 0.15) is 61.4 Å². The van der Waals surface area contributed by atoms with Gasteiger partial charge in [-0.2, -0.15) is 0 Å². The Balaban J connectivity index is 1.90. The number of thiophene rings is 1. The molecule has 0 spiro atoms. The van der Waals surface area contributed by atoms with Gasteiger partial charge in [0.15, 0.2) is 0 Å². The molecule has 0 aliphatic rings. The van der Waals surface area contributed by atoms with Crippen molar-refractivity contribution in [2.24, 2.45) is 0 Å². The molecule has 32 heavy (non-hydrogen) atoms. The lowest BCUT2D eigenvalue weighted by molar-refractivity contribution is 0.0527. The number of carbonyl (C=O) groups is 3. The van der Waals surface area contributed by atoms with Gasteiger partial charge >= 0.3 is 5.97 Å². The van der Waals surface area contributed by atoms with E-state index in [0.717, 1.165) is 16.9 Å². The molecule has 1 atom stereocenters. The Bertz CT molecular complexity index is 1130. The smallest absolute Gasteiger partial charge is 0.341 e. The average Bonchev–Trinajstić information content (AvgIpc) is 3.10. The van der Waals surface area contributed by atoms with E-state index in [4.69, 9.17) is 4.74 Å². The van der Waals surface area contributed by atoms with Gasteiger partial charge in [-0.15, -0.1) is 11.3 Å². The van der Waals surface area contributed by atoms with Gasteiger partial charge in [0, 0.05) is 5.56 Å². The molecule has 0 bridgehead atoms. The van der Waals surface area contributed by atoms with Gasteiger partial charge in [0.2, 0.25) is 0 Å². The summed E-state index contributed by atoms with van der Waals surface area (Å²) in [5.41, 5.74) is 1.70. The Hall–Kier alpha value is -3.52. The zero-order valence-electron chi connectivity index (χ0n) is 17.9. The molecule has 6 nitrogen and oxygen atoms in total. The third kappa shape index (κ3) is 5.20. The van der Waals surface area contributed by atoms with Crippen molar-refractivity contribution in [3.63, 3.8) is 0 Å². The molecule has 0 saturated heterocycles. The Kier molecular flexibility index (Phi) is 7.37. The quantitative estimate of drug-likeness (QED) is 0.486. The van der Waals surface area contributed by atoms with Crippen molar-refractivity contribution in [1.82, 2.24) is 5.32 Å². The van der Waals surface area contributed by atoms with Gasteiger partial charge in [-0.3, -0.25) is 9.59 Å². The summed E-state index contributed by atoms with van der Waals surface area (Å²) in [5.74, 6) is -1.99. The number of halogens is 1. The number of hydrogen-bond acceptors (Lipinski definition) is 5. The fraction of sp³-hybridized carbons (Fsp3) is 0.208. The number of esters is 1. The van der Waals surface area contributed by atoms with E-state index in [1.54, 1.807) is 13.8 Å². The van der Waals surface area contributed by atoms with Crippen LogP contribution in [0.3, 0.4) is 0 Å². The van der Waals surface area contributed by atoms with Gasteiger partial charge < -0.3 is 15.4 Å². The van der Waals surface area contributed by atoms with Crippen molar-refractivity contribution in [2.45, 2.75) is 26.8 Å². The first-order valence-electron chi connectivity index (χ1n) is 10.0. The molecule has 166 valence electrons. The number of carbonyl (C=O) groups excluding carboxylic acids is 3. The Morgan fingerprint density at radius 1 is 1.03 bits per heavy atom. The van der Waals surface area contributed by atoms with Crippen LogP contribution in [0.15, 0.2) is 54.6 Å². The lowest BCUT2D eigenvalue weighted by Crippen LogP contribution is -2.26. The highest BCUT2D eigenvalue weighted by Gasteiger charge is 2.27. The molecule has 0 saturated carbocycles. The minimum absolute atomic E-state index is 0.129. The molecular formula is C24H23FN2O4S. The Morgan fingerprint density at radius 2 is 1.69 bits per heavy atom. The minimum Gasteiger partial charge on any atom is -0.462 e. The maximum Gasteiger partial charge on any atom is 0.341 e. The summed E-state index contributed by atoms with van der Waals surface area (Å²) in [7, 11) is 0. The van der Waals surface area contributed by atoms with E-state index in [-0.39, 0.29) is 34.7 Å². The van der Waals surface area contributed by atoms with Crippen LogP contribution in [0.2, 0.25) is 0 Å². The highest BCUT2D eigenvalue weighted by atomic mass is 32.1. The topological polar surface area (TPSA) is 84.5 Å². The molecule has 1 aromatic heterocycles. The fourth-order valence-corrected chi connectivity index (χ4v) is 4.22.